The predicted molar refractivity (Wildman–Crippen MR) is 80.8 cm³/mol. The molecule has 0 fully saturated rings. The molecule has 0 aliphatic carbocycles. The lowest BCUT2D eigenvalue weighted by Crippen LogP contribution is -2.14. The number of benzene rings is 2. The standard InChI is InChI=1S/C14H8BrN3O2S/c15-12-4-5-14(11(7-12)9-17)18-21(19,20)13-3-1-2-10(6-13)8-16/h1-7,18H. The summed E-state index contributed by atoms with van der Waals surface area (Å²) in [6.07, 6.45) is 0. The van der Waals surface area contributed by atoms with Gasteiger partial charge < -0.3 is 0 Å². The first-order chi connectivity index (χ1) is 9.96. The van der Waals surface area contributed by atoms with Crippen molar-refractivity contribution in [1.82, 2.24) is 0 Å². The minimum absolute atomic E-state index is 0.0339. The van der Waals surface area contributed by atoms with Gasteiger partial charge in [-0.05, 0) is 36.4 Å². The van der Waals surface area contributed by atoms with Crippen LogP contribution in [-0.4, -0.2) is 8.42 Å². The highest BCUT2D eigenvalue weighted by molar-refractivity contribution is 9.10. The zero-order chi connectivity index (χ0) is 15.5. The second kappa shape index (κ2) is 5.96. The largest absolute Gasteiger partial charge is 0.278 e. The summed E-state index contributed by atoms with van der Waals surface area (Å²) in [6, 6.07) is 14.1. The summed E-state index contributed by atoms with van der Waals surface area (Å²) < 4.78 is 27.6. The summed E-state index contributed by atoms with van der Waals surface area (Å²) in [6.45, 7) is 0. The molecule has 5 nitrogen and oxygen atoms in total. The van der Waals surface area contributed by atoms with Crippen LogP contribution in [0.5, 0.6) is 0 Å². The third kappa shape index (κ3) is 3.40. The van der Waals surface area contributed by atoms with Crippen molar-refractivity contribution < 1.29 is 8.42 Å². The lowest BCUT2D eigenvalue weighted by atomic mass is 10.2. The molecule has 2 aromatic carbocycles. The molecule has 0 heterocycles. The van der Waals surface area contributed by atoms with Gasteiger partial charge in [-0.1, -0.05) is 22.0 Å². The molecule has 1 N–H and O–H groups in total. The van der Waals surface area contributed by atoms with Crippen molar-refractivity contribution in [2.24, 2.45) is 0 Å². The zero-order valence-electron chi connectivity index (χ0n) is 10.5. The Hall–Kier alpha value is -2.35. The predicted octanol–water partition coefficient (Wildman–Crippen LogP) is 2.99. The van der Waals surface area contributed by atoms with E-state index < -0.39 is 10.0 Å². The quantitative estimate of drug-likeness (QED) is 0.908. The fourth-order valence-corrected chi connectivity index (χ4v) is 3.12. The number of halogens is 1. The van der Waals surface area contributed by atoms with Crippen LogP contribution in [0.25, 0.3) is 0 Å². The monoisotopic (exact) mass is 361 g/mol. The van der Waals surface area contributed by atoms with E-state index in [1.165, 1.54) is 36.4 Å². The van der Waals surface area contributed by atoms with Crippen LogP contribution in [0, 0.1) is 22.7 Å². The number of nitriles is 2. The fraction of sp³-hybridized carbons (Fsp3) is 0. The molecule has 21 heavy (non-hydrogen) atoms. The highest BCUT2D eigenvalue weighted by Gasteiger charge is 2.16. The smallest absolute Gasteiger partial charge is 0.261 e. The summed E-state index contributed by atoms with van der Waals surface area (Å²) in [5.41, 5.74) is 0.627. The summed E-state index contributed by atoms with van der Waals surface area (Å²) >= 11 is 3.22. The Morgan fingerprint density at radius 1 is 1.05 bits per heavy atom. The molecular formula is C14H8BrN3O2S. The summed E-state index contributed by atoms with van der Waals surface area (Å²) in [7, 11) is -3.86. The maximum Gasteiger partial charge on any atom is 0.261 e. The van der Waals surface area contributed by atoms with Crippen molar-refractivity contribution in [3.05, 3.63) is 58.1 Å². The molecule has 0 unspecified atom stereocenters. The van der Waals surface area contributed by atoms with Gasteiger partial charge in [0.2, 0.25) is 0 Å². The van der Waals surface area contributed by atoms with Crippen molar-refractivity contribution in [2.45, 2.75) is 4.90 Å². The number of nitrogens with zero attached hydrogens (tertiary/aromatic N) is 2. The number of hydrogen-bond donors (Lipinski definition) is 1. The fourth-order valence-electron chi connectivity index (χ4n) is 1.63. The average molecular weight is 362 g/mol. The summed E-state index contributed by atoms with van der Waals surface area (Å²) in [4.78, 5) is -0.0339. The van der Waals surface area contributed by atoms with Crippen LogP contribution in [-0.2, 0) is 10.0 Å². The van der Waals surface area contributed by atoms with Gasteiger partial charge in [-0.3, -0.25) is 4.72 Å². The molecule has 2 rings (SSSR count). The minimum atomic E-state index is -3.86. The molecule has 0 spiro atoms. The van der Waals surface area contributed by atoms with Crippen molar-refractivity contribution in [1.29, 1.82) is 10.5 Å². The molecular weight excluding hydrogens is 354 g/mol. The lowest BCUT2D eigenvalue weighted by molar-refractivity contribution is 0.601. The van der Waals surface area contributed by atoms with Crippen molar-refractivity contribution in [3.8, 4) is 12.1 Å². The summed E-state index contributed by atoms with van der Waals surface area (Å²) in [5, 5.41) is 17.9. The van der Waals surface area contributed by atoms with Crippen LogP contribution in [0.15, 0.2) is 51.8 Å². The zero-order valence-corrected chi connectivity index (χ0v) is 12.9. The molecule has 104 valence electrons. The van der Waals surface area contributed by atoms with E-state index in [9.17, 15) is 8.42 Å². The van der Waals surface area contributed by atoms with E-state index in [-0.39, 0.29) is 21.7 Å². The number of anilines is 1. The van der Waals surface area contributed by atoms with Crippen LogP contribution < -0.4 is 4.72 Å². The molecule has 0 bridgehead atoms. The number of rotatable bonds is 3. The second-order valence-corrected chi connectivity index (χ2v) is 6.64. The molecule has 0 aromatic heterocycles. The van der Waals surface area contributed by atoms with E-state index in [4.69, 9.17) is 10.5 Å². The molecule has 0 radical (unpaired) electrons. The van der Waals surface area contributed by atoms with Crippen molar-refractivity contribution >= 4 is 31.6 Å². The van der Waals surface area contributed by atoms with Crippen LogP contribution >= 0.6 is 15.9 Å². The third-order valence-corrected chi connectivity index (χ3v) is 4.48. The van der Waals surface area contributed by atoms with E-state index in [0.717, 1.165) is 0 Å². The van der Waals surface area contributed by atoms with Crippen LogP contribution in [0.3, 0.4) is 0 Å². The van der Waals surface area contributed by atoms with E-state index in [1.54, 1.807) is 6.07 Å². The number of sulfonamides is 1. The Bertz CT molecular complexity index is 880. The maximum atomic E-state index is 12.3. The summed E-state index contributed by atoms with van der Waals surface area (Å²) in [5.74, 6) is 0. The lowest BCUT2D eigenvalue weighted by Gasteiger charge is -2.10. The topological polar surface area (TPSA) is 93.8 Å². The second-order valence-electron chi connectivity index (χ2n) is 4.05. The Balaban J connectivity index is 2.43. The normalized spacial score (nSPS) is 10.4. The van der Waals surface area contributed by atoms with Crippen molar-refractivity contribution in [3.63, 3.8) is 0 Å². The molecule has 7 heteroatoms. The number of nitrogens with one attached hydrogen (secondary N) is 1. The van der Waals surface area contributed by atoms with Crippen LogP contribution in [0.4, 0.5) is 5.69 Å². The highest BCUT2D eigenvalue weighted by atomic mass is 79.9. The van der Waals surface area contributed by atoms with Crippen LogP contribution in [0.2, 0.25) is 0 Å². The molecule has 0 aliphatic rings. The third-order valence-electron chi connectivity index (χ3n) is 2.62. The first kappa shape index (κ1) is 15.0. The van der Waals surface area contributed by atoms with Gasteiger partial charge in [0.15, 0.2) is 0 Å². The van der Waals surface area contributed by atoms with E-state index in [2.05, 4.69) is 20.7 Å². The minimum Gasteiger partial charge on any atom is -0.278 e. The molecule has 2 aromatic rings. The Morgan fingerprint density at radius 2 is 1.81 bits per heavy atom. The van der Waals surface area contributed by atoms with Gasteiger partial charge in [0.05, 0.1) is 27.8 Å². The van der Waals surface area contributed by atoms with Gasteiger partial charge >= 0.3 is 0 Å². The number of hydrogen-bond acceptors (Lipinski definition) is 4. The van der Waals surface area contributed by atoms with Gasteiger partial charge in [-0.15, -0.1) is 0 Å². The van der Waals surface area contributed by atoms with Gasteiger partial charge in [0.1, 0.15) is 6.07 Å². The van der Waals surface area contributed by atoms with E-state index >= 15 is 0 Å². The van der Waals surface area contributed by atoms with E-state index in [0.29, 0.717) is 4.47 Å². The Labute approximate surface area is 130 Å². The van der Waals surface area contributed by atoms with Gasteiger partial charge in [-0.2, -0.15) is 10.5 Å². The Kier molecular flexibility index (Phi) is 4.27. The van der Waals surface area contributed by atoms with E-state index in [1.807, 2.05) is 12.1 Å². The first-order valence-corrected chi connectivity index (χ1v) is 7.96. The molecule has 0 aliphatic heterocycles. The van der Waals surface area contributed by atoms with Gasteiger partial charge in [0, 0.05) is 4.47 Å². The maximum absolute atomic E-state index is 12.3. The van der Waals surface area contributed by atoms with Gasteiger partial charge in [-0.25, -0.2) is 8.42 Å². The first-order valence-electron chi connectivity index (χ1n) is 5.69. The Morgan fingerprint density at radius 3 is 2.48 bits per heavy atom. The molecule has 0 saturated heterocycles. The highest BCUT2D eigenvalue weighted by Crippen LogP contribution is 2.23. The van der Waals surface area contributed by atoms with Crippen LogP contribution in [0.1, 0.15) is 11.1 Å². The molecule has 0 amide bonds. The SMILES string of the molecule is N#Cc1cccc(S(=O)(=O)Nc2ccc(Br)cc2C#N)c1. The van der Waals surface area contributed by atoms with Crippen molar-refractivity contribution in [2.75, 3.05) is 4.72 Å². The van der Waals surface area contributed by atoms with Gasteiger partial charge in [0.25, 0.3) is 10.0 Å². The molecule has 0 atom stereocenters. The average Bonchev–Trinajstić information content (AvgIpc) is 2.49. The molecule has 0 saturated carbocycles.